The van der Waals surface area contributed by atoms with Crippen molar-refractivity contribution in [3.05, 3.63) is 29.1 Å². The third-order valence-electron chi connectivity index (χ3n) is 2.88. The number of fused-ring (bicyclic) bond motifs is 1. The van der Waals surface area contributed by atoms with Gasteiger partial charge in [-0.3, -0.25) is 4.79 Å². The lowest BCUT2D eigenvalue weighted by molar-refractivity contribution is 0.111. The van der Waals surface area contributed by atoms with Gasteiger partial charge in [0.25, 0.3) is 0 Å². The highest BCUT2D eigenvalue weighted by molar-refractivity contribution is 7.18. The summed E-state index contributed by atoms with van der Waals surface area (Å²) >= 11 is 1.38. The van der Waals surface area contributed by atoms with Crippen molar-refractivity contribution in [1.29, 1.82) is 0 Å². The first-order chi connectivity index (χ1) is 9.33. The Morgan fingerprint density at radius 3 is 2.47 bits per heavy atom. The maximum atomic E-state index is 11.1. The van der Waals surface area contributed by atoms with E-state index in [0.717, 1.165) is 22.5 Å². The van der Waals surface area contributed by atoms with Crippen LogP contribution in [-0.2, 0) is 0 Å². The zero-order valence-electron chi connectivity index (χ0n) is 10.3. The minimum atomic E-state index is 0.479. The van der Waals surface area contributed by atoms with Crippen molar-refractivity contribution in [2.75, 3.05) is 20.3 Å². The topological polar surface area (TPSA) is 44.8 Å². The average Bonchev–Trinajstić information content (AvgIpc) is 2.86. The van der Waals surface area contributed by atoms with Crippen molar-refractivity contribution in [3.8, 4) is 27.7 Å². The first kappa shape index (κ1) is 12.0. The normalized spacial score (nSPS) is 13.1. The van der Waals surface area contributed by atoms with E-state index in [0.29, 0.717) is 29.6 Å². The molecule has 0 bridgehead atoms. The van der Waals surface area contributed by atoms with Gasteiger partial charge in [-0.05, 0) is 29.8 Å². The van der Waals surface area contributed by atoms with Crippen molar-refractivity contribution < 1.29 is 19.0 Å². The van der Waals surface area contributed by atoms with E-state index in [1.54, 1.807) is 7.11 Å². The van der Waals surface area contributed by atoms with Crippen LogP contribution in [0.2, 0.25) is 0 Å². The summed E-state index contributed by atoms with van der Waals surface area (Å²) in [4.78, 5) is 12.6. The maximum absolute atomic E-state index is 11.1. The van der Waals surface area contributed by atoms with Crippen molar-refractivity contribution in [1.82, 2.24) is 0 Å². The molecule has 1 aliphatic rings. The van der Waals surface area contributed by atoms with Crippen LogP contribution in [0.3, 0.4) is 0 Å². The maximum Gasteiger partial charge on any atom is 0.183 e. The molecule has 0 fully saturated rings. The molecule has 0 N–H and O–H groups in total. The summed E-state index contributed by atoms with van der Waals surface area (Å²) in [7, 11) is 1.63. The monoisotopic (exact) mass is 276 g/mol. The fourth-order valence-electron chi connectivity index (χ4n) is 1.98. The van der Waals surface area contributed by atoms with Crippen LogP contribution in [0.5, 0.6) is 17.2 Å². The van der Waals surface area contributed by atoms with Gasteiger partial charge in [0.2, 0.25) is 0 Å². The molecule has 1 aliphatic heterocycles. The summed E-state index contributed by atoms with van der Waals surface area (Å²) in [6.45, 7) is 0.984. The number of thiophene rings is 1. The lowest BCUT2D eigenvalue weighted by atomic mass is 10.1. The molecule has 0 atom stereocenters. The molecule has 19 heavy (non-hydrogen) atoms. The summed E-state index contributed by atoms with van der Waals surface area (Å²) < 4.78 is 16.3. The Morgan fingerprint density at radius 2 is 1.84 bits per heavy atom. The molecule has 0 radical (unpaired) electrons. The molecule has 98 valence electrons. The van der Waals surface area contributed by atoms with Crippen LogP contribution in [0.25, 0.3) is 10.4 Å². The lowest BCUT2D eigenvalue weighted by Gasteiger charge is -2.16. The molecule has 0 spiro atoms. The molecule has 0 aliphatic carbocycles. The van der Waals surface area contributed by atoms with Crippen LogP contribution in [0.4, 0.5) is 0 Å². The summed E-state index contributed by atoms with van der Waals surface area (Å²) in [6, 6.07) is 7.65. The van der Waals surface area contributed by atoms with Crippen molar-refractivity contribution >= 4 is 17.6 Å². The van der Waals surface area contributed by atoms with Gasteiger partial charge in [-0.15, -0.1) is 11.3 Å². The highest BCUT2D eigenvalue weighted by atomic mass is 32.1. The highest BCUT2D eigenvalue weighted by Crippen LogP contribution is 2.48. The number of carbonyl (C=O) groups excluding carboxylic acids is 1. The lowest BCUT2D eigenvalue weighted by Crippen LogP contribution is -2.15. The zero-order valence-corrected chi connectivity index (χ0v) is 11.2. The number of hydrogen-bond acceptors (Lipinski definition) is 5. The molecular weight excluding hydrogens is 264 g/mol. The van der Waals surface area contributed by atoms with Crippen LogP contribution in [0.1, 0.15) is 9.67 Å². The van der Waals surface area contributed by atoms with Crippen molar-refractivity contribution in [3.63, 3.8) is 0 Å². The SMILES string of the molecule is COc1ccc(-c2sc(C=O)c3c2OCCO3)cc1. The first-order valence-corrected chi connectivity index (χ1v) is 6.67. The van der Waals surface area contributed by atoms with E-state index in [2.05, 4.69) is 0 Å². The van der Waals surface area contributed by atoms with Gasteiger partial charge in [0, 0.05) is 0 Å². The predicted octanol–water partition coefficient (Wildman–Crippen LogP) is 3.01. The third kappa shape index (κ3) is 2.06. The zero-order chi connectivity index (χ0) is 13.2. The van der Waals surface area contributed by atoms with Crippen LogP contribution in [0.15, 0.2) is 24.3 Å². The number of benzene rings is 1. The molecular formula is C14H12O4S. The van der Waals surface area contributed by atoms with Gasteiger partial charge in [-0.1, -0.05) is 0 Å². The quantitative estimate of drug-likeness (QED) is 0.808. The number of ether oxygens (including phenoxy) is 3. The van der Waals surface area contributed by atoms with Gasteiger partial charge < -0.3 is 14.2 Å². The average molecular weight is 276 g/mol. The van der Waals surface area contributed by atoms with Crippen LogP contribution in [-0.4, -0.2) is 26.6 Å². The second-order valence-corrected chi connectivity index (χ2v) is 5.05. The Kier molecular flexibility index (Phi) is 3.13. The molecule has 2 aromatic rings. The van der Waals surface area contributed by atoms with Gasteiger partial charge in [0.05, 0.1) is 12.0 Å². The fraction of sp³-hybridized carbons (Fsp3) is 0.214. The molecule has 5 heteroatoms. The molecule has 1 aromatic carbocycles. The number of hydrogen-bond donors (Lipinski definition) is 0. The minimum absolute atomic E-state index is 0.479. The van der Waals surface area contributed by atoms with E-state index in [1.807, 2.05) is 24.3 Å². The number of rotatable bonds is 3. The molecule has 0 unspecified atom stereocenters. The van der Waals surface area contributed by atoms with E-state index >= 15 is 0 Å². The standard InChI is InChI=1S/C14H12O4S/c1-16-10-4-2-9(3-5-10)14-13-12(11(8-15)19-14)17-6-7-18-13/h2-5,8H,6-7H2,1H3. The summed E-state index contributed by atoms with van der Waals surface area (Å²) in [5.41, 5.74) is 0.987. The Morgan fingerprint density at radius 1 is 1.16 bits per heavy atom. The van der Waals surface area contributed by atoms with Gasteiger partial charge in [-0.25, -0.2) is 0 Å². The predicted molar refractivity (Wildman–Crippen MR) is 72.7 cm³/mol. The second-order valence-electron chi connectivity index (χ2n) is 4.00. The molecule has 1 aromatic heterocycles. The smallest absolute Gasteiger partial charge is 0.183 e. The first-order valence-electron chi connectivity index (χ1n) is 5.85. The molecule has 2 heterocycles. The van der Waals surface area contributed by atoms with Gasteiger partial charge in [-0.2, -0.15) is 0 Å². The Hall–Kier alpha value is -2.01. The van der Waals surface area contributed by atoms with Crippen LogP contribution >= 0.6 is 11.3 Å². The Labute approximate surface area is 114 Å². The van der Waals surface area contributed by atoms with Gasteiger partial charge in [0.15, 0.2) is 17.8 Å². The van der Waals surface area contributed by atoms with E-state index in [-0.39, 0.29) is 0 Å². The Bertz CT molecular complexity index is 601. The fourth-order valence-corrected chi connectivity index (χ4v) is 2.99. The van der Waals surface area contributed by atoms with Crippen molar-refractivity contribution in [2.45, 2.75) is 0 Å². The molecule has 0 amide bonds. The summed E-state index contributed by atoms with van der Waals surface area (Å²) in [5.74, 6) is 2.03. The third-order valence-corrected chi connectivity index (χ3v) is 4.01. The summed E-state index contributed by atoms with van der Waals surface area (Å²) in [6.07, 6.45) is 0.811. The number of aldehydes is 1. The van der Waals surface area contributed by atoms with Crippen LogP contribution in [0, 0.1) is 0 Å². The molecule has 4 nitrogen and oxygen atoms in total. The van der Waals surface area contributed by atoms with Crippen molar-refractivity contribution in [2.24, 2.45) is 0 Å². The highest BCUT2D eigenvalue weighted by Gasteiger charge is 2.24. The van der Waals surface area contributed by atoms with Crippen LogP contribution < -0.4 is 14.2 Å². The van der Waals surface area contributed by atoms with E-state index in [4.69, 9.17) is 14.2 Å². The van der Waals surface area contributed by atoms with Gasteiger partial charge in [0.1, 0.15) is 23.8 Å². The molecule has 0 saturated carbocycles. The number of carbonyl (C=O) groups is 1. The van der Waals surface area contributed by atoms with E-state index in [9.17, 15) is 4.79 Å². The van der Waals surface area contributed by atoms with E-state index < -0.39 is 0 Å². The largest absolute Gasteiger partial charge is 0.497 e. The molecule has 0 saturated heterocycles. The molecule has 3 rings (SSSR count). The minimum Gasteiger partial charge on any atom is -0.497 e. The van der Waals surface area contributed by atoms with Gasteiger partial charge >= 0.3 is 0 Å². The number of methoxy groups -OCH3 is 1. The van der Waals surface area contributed by atoms with E-state index in [1.165, 1.54) is 11.3 Å². The summed E-state index contributed by atoms with van der Waals surface area (Å²) in [5, 5.41) is 0. The Balaban J connectivity index is 2.08. The second kappa shape index (κ2) is 4.93.